The molecule has 3 aromatic rings. The fourth-order valence-electron chi connectivity index (χ4n) is 3.27. The van der Waals surface area contributed by atoms with Crippen LogP contribution < -0.4 is 5.32 Å². The minimum Gasteiger partial charge on any atom is -0.332 e. The van der Waals surface area contributed by atoms with E-state index in [-0.39, 0.29) is 11.5 Å². The lowest BCUT2D eigenvalue weighted by Crippen LogP contribution is -2.27. The number of fused-ring (bicyclic) bond motifs is 3. The molecule has 0 fully saturated rings. The van der Waals surface area contributed by atoms with E-state index in [1.165, 1.54) is 34.6 Å². The smallest absolute Gasteiger partial charge is 0.262 e. The van der Waals surface area contributed by atoms with Crippen LogP contribution in [0.2, 0.25) is 0 Å². The van der Waals surface area contributed by atoms with Gasteiger partial charge in [0.05, 0.1) is 10.9 Å². The Labute approximate surface area is 154 Å². The Morgan fingerprint density at radius 3 is 2.65 bits per heavy atom. The van der Waals surface area contributed by atoms with Crippen molar-refractivity contribution in [2.24, 2.45) is 0 Å². The number of carbonyl (C=O) groups is 1. The maximum absolute atomic E-state index is 13.9. The van der Waals surface area contributed by atoms with Crippen LogP contribution in [-0.2, 0) is 12.8 Å². The topological polar surface area (TPSA) is 52.9 Å². The van der Waals surface area contributed by atoms with E-state index in [2.05, 4.69) is 17.4 Å². The Morgan fingerprint density at radius 2 is 1.85 bits per heavy atom. The van der Waals surface area contributed by atoms with Crippen LogP contribution in [0, 0.1) is 17.1 Å². The maximum Gasteiger partial charge on any atom is 0.262 e. The molecule has 2 aromatic carbocycles. The van der Waals surface area contributed by atoms with Crippen molar-refractivity contribution < 1.29 is 9.18 Å². The number of rotatable bonds is 3. The zero-order chi connectivity index (χ0) is 18.1. The van der Waals surface area contributed by atoms with Gasteiger partial charge in [-0.3, -0.25) is 4.79 Å². The highest BCUT2D eigenvalue weighted by Gasteiger charge is 2.23. The van der Waals surface area contributed by atoms with E-state index in [0.29, 0.717) is 4.88 Å². The Hall–Kier alpha value is -2.97. The van der Waals surface area contributed by atoms with Gasteiger partial charge in [-0.05, 0) is 41.7 Å². The highest BCUT2D eigenvalue weighted by Crippen LogP contribution is 2.39. The molecule has 26 heavy (non-hydrogen) atoms. The Kier molecular flexibility index (Phi) is 4.27. The van der Waals surface area contributed by atoms with Gasteiger partial charge in [0.25, 0.3) is 5.91 Å². The summed E-state index contributed by atoms with van der Waals surface area (Å²) in [6, 6.07) is 17.0. The molecular weight excluding hydrogens is 347 g/mol. The highest BCUT2D eigenvalue weighted by atomic mass is 32.1. The number of halogens is 1. The third kappa shape index (κ3) is 2.89. The first-order valence-corrected chi connectivity index (χ1v) is 9.15. The fourth-order valence-corrected chi connectivity index (χ4v) is 4.45. The van der Waals surface area contributed by atoms with Crippen LogP contribution in [0.15, 0.2) is 54.6 Å². The second-order valence-electron chi connectivity index (χ2n) is 6.18. The number of aryl methyl sites for hydroxylation is 2. The molecule has 1 atom stereocenters. The molecule has 1 aliphatic rings. The molecule has 4 rings (SSSR count). The summed E-state index contributed by atoms with van der Waals surface area (Å²) in [4.78, 5) is 14.3. The van der Waals surface area contributed by atoms with Crippen LogP contribution in [0.4, 0.5) is 4.39 Å². The number of hydrogen-bond donors (Lipinski definition) is 1. The molecule has 1 heterocycles. The van der Waals surface area contributed by atoms with E-state index < -0.39 is 11.9 Å². The van der Waals surface area contributed by atoms with E-state index in [1.807, 2.05) is 24.3 Å². The molecule has 1 aromatic heterocycles. The van der Waals surface area contributed by atoms with Crippen molar-refractivity contribution in [2.45, 2.75) is 18.9 Å². The van der Waals surface area contributed by atoms with Gasteiger partial charge in [-0.25, -0.2) is 4.39 Å². The lowest BCUT2D eigenvalue weighted by atomic mass is 9.91. The van der Waals surface area contributed by atoms with Gasteiger partial charge in [-0.15, -0.1) is 11.3 Å². The highest BCUT2D eigenvalue weighted by molar-refractivity contribution is 7.17. The SMILES string of the molecule is N#CC(NC(=O)c1cc2c(s1)-c1ccccc1CC2)c1ccccc1F. The molecule has 1 unspecified atom stereocenters. The summed E-state index contributed by atoms with van der Waals surface area (Å²) < 4.78 is 13.9. The molecular formula is C21H15FN2OS. The normalized spacial score (nSPS) is 13.2. The third-order valence-electron chi connectivity index (χ3n) is 4.58. The average Bonchev–Trinajstić information content (AvgIpc) is 3.11. The van der Waals surface area contributed by atoms with Gasteiger partial charge >= 0.3 is 0 Å². The predicted octanol–water partition coefficient (Wildman–Crippen LogP) is 4.65. The summed E-state index contributed by atoms with van der Waals surface area (Å²) in [6.45, 7) is 0. The number of nitriles is 1. The summed E-state index contributed by atoms with van der Waals surface area (Å²) in [5, 5.41) is 12.0. The molecule has 0 bridgehead atoms. The number of thiophene rings is 1. The van der Waals surface area contributed by atoms with E-state index in [9.17, 15) is 14.4 Å². The first kappa shape index (κ1) is 16.5. The molecule has 0 radical (unpaired) electrons. The first-order chi connectivity index (χ1) is 12.7. The number of nitrogens with zero attached hydrogens (tertiary/aromatic N) is 1. The monoisotopic (exact) mass is 362 g/mol. The number of hydrogen-bond acceptors (Lipinski definition) is 3. The maximum atomic E-state index is 13.9. The molecule has 0 spiro atoms. The molecule has 5 heteroatoms. The Balaban J connectivity index is 1.62. The van der Waals surface area contributed by atoms with Crippen LogP contribution in [0.1, 0.15) is 32.4 Å². The molecule has 0 aliphatic heterocycles. The minimum absolute atomic E-state index is 0.176. The summed E-state index contributed by atoms with van der Waals surface area (Å²) in [6.07, 6.45) is 1.85. The van der Waals surface area contributed by atoms with Crippen LogP contribution >= 0.6 is 11.3 Å². The van der Waals surface area contributed by atoms with Crippen LogP contribution in [0.25, 0.3) is 10.4 Å². The molecule has 0 saturated carbocycles. The summed E-state index contributed by atoms with van der Waals surface area (Å²) >= 11 is 1.42. The van der Waals surface area contributed by atoms with Gasteiger partial charge in [0.1, 0.15) is 11.9 Å². The average molecular weight is 362 g/mol. The van der Waals surface area contributed by atoms with Crippen molar-refractivity contribution in [2.75, 3.05) is 0 Å². The van der Waals surface area contributed by atoms with Gasteiger partial charge in [0, 0.05) is 10.4 Å². The van der Waals surface area contributed by atoms with E-state index in [1.54, 1.807) is 12.1 Å². The van der Waals surface area contributed by atoms with Crippen molar-refractivity contribution >= 4 is 17.2 Å². The van der Waals surface area contributed by atoms with E-state index in [0.717, 1.165) is 23.3 Å². The second kappa shape index (κ2) is 6.74. The van der Waals surface area contributed by atoms with Gasteiger partial charge < -0.3 is 5.32 Å². The second-order valence-corrected chi connectivity index (χ2v) is 7.23. The van der Waals surface area contributed by atoms with Crippen molar-refractivity contribution in [3.63, 3.8) is 0 Å². The molecule has 0 saturated heterocycles. The molecule has 1 N–H and O–H groups in total. The van der Waals surface area contributed by atoms with Gasteiger partial charge in [-0.2, -0.15) is 5.26 Å². The summed E-state index contributed by atoms with van der Waals surface area (Å²) in [5.41, 5.74) is 3.78. The standard InChI is InChI=1S/C21H15FN2OS/c22-17-8-4-3-7-16(17)18(12-23)24-21(25)19-11-14-10-9-13-5-1-2-6-15(13)20(14)26-19/h1-8,11,18H,9-10H2,(H,24,25). The zero-order valence-corrected chi connectivity index (χ0v) is 14.6. The number of nitrogens with one attached hydrogen (secondary N) is 1. The van der Waals surface area contributed by atoms with Crippen molar-refractivity contribution in [1.29, 1.82) is 5.26 Å². The molecule has 1 amide bonds. The lowest BCUT2D eigenvalue weighted by molar-refractivity contribution is 0.0949. The van der Waals surface area contributed by atoms with Crippen molar-refractivity contribution in [3.05, 3.63) is 82.0 Å². The summed E-state index contributed by atoms with van der Waals surface area (Å²) in [5.74, 6) is -0.851. The first-order valence-electron chi connectivity index (χ1n) is 8.33. The quantitative estimate of drug-likeness (QED) is 0.737. The largest absolute Gasteiger partial charge is 0.332 e. The number of carbonyl (C=O) groups excluding carboxylic acids is 1. The number of amides is 1. The molecule has 1 aliphatic carbocycles. The third-order valence-corrected chi connectivity index (χ3v) is 5.79. The Bertz CT molecular complexity index is 1030. The van der Waals surface area contributed by atoms with Crippen molar-refractivity contribution in [1.82, 2.24) is 5.32 Å². The van der Waals surface area contributed by atoms with Gasteiger partial charge in [-0.1, -0.05) is 42.5 Å². The van der Waals surface area contributed by atoms with Gasteiger partial charge in [0.15, 0.2) is 0 Å². The van der Waals surface area contributed by atoms with Crippen LogP contribution in [-0.4, -0.2) is 5.91 Å². The molecule has 3 nitrogen and oxygen atoms in total. The van der Waals surface area contributed by atoms with E-state index >= 15 is 0 Å². The van der Waals surface area contributed by atoms with E-state index in [4.69, 9.17) is 0 Å². The van der Waals surface area contributed by atoms with Crippen LogP contribution in [0.5, 0.6) is 0 Å². The molecule has 128 valence electrons. The number of benzene rings is 2. The van der Waals surface area contributed by atoms with Crippen LogP contribution in [0.3, 0.4) is 0 Å². The van der Waals surface area contributed by atoms with Crippen molar-refractivity contribution in [3.8, 4) is 16.5 Å². The Morgan fingerprint density at radius 1 is 1.12 bits per heavy atom. The van der Waals surface area contributed by atoms with Gasteiger partial charge in [0.2, 0.25) is 0 Å². The summed E-state index contributed by atoms with van der Waals surface area (Å²) in [7, 11) is 0. The lowest BCUT2D eigenvalue weighted by Gasteiger charge is -2.15. The zero-order valence-electron chi connectivity index (χ0n) is 13.8. The minimum atomic E-state index is -1.02. The fraction of sp³-hybridized carbons (Fsp3) is 0.143. The predicted molar refractivity (Wildman–Crippen MR) is 99.4 cm³/mol.